The second kappa shape index (κ2) is 7.21. The molecule has 0 N–H and O–H groups in total. The molecule has 0 spiro atoms. The SMILES string of the molecule is COc1ccc(CN(C)C(=O)C2CC2c2ccccc2C(F)(F)F)cc1F. The molecule has 1 amide bonds. The third kappa shape index (κ3) is 4.07. The van der Waals surface area contributed by atoms with E-state index in [2.05, 4.69) is 0 Å². The smallest absolute Gasteiger partial charge is 0.416 e. The molecule has 0 aliphatic heterocycles. The van der Waals surface area contributed by atoms with Crippen LogP contribution in [0.3, 0.4) is 0 Å². The van der Waals surface area contributed by atoms with Gasteiger partial charge in [0.2, 0.25) is 5.91 Å². The van der Waals surface area contributed by atoms with Crippen LogP contribution in [-0.4, -0.2) is 25.0 Å². The monoisotopic (exact) mass is 381 g/mol. The summed E-state index contributed by atoms with van der Waals surface area (Å²) in [6.07, 6.45) is -4.06. The van der Waals surface area contributed by atoms with Crippen molar-refractivity contribution in [1.29, 1.82) is 0 Å². The fourth-order valence-corrected chi connectivity index (χ4v) is 3.33. The number of hydrogen-bond acceptors (Lipinski definition) is 2. The Morgan fingerprint density at radius 3 is 2.56 bits per heavy atom. The minimum absolute atomic E-state index is 0.110. The van der Waals surface area contributed by atoms with Crippen molar-refractivity contribution in [2.24, 2.45) is 5.92 Å². The Morgan fingerprint density at radius 1 is 1.22 bits per heavy atom. The van der Waals surface area contributed by atoms with Crippen LogP contribution in [0, 0.1) is 11.7 Å². The molecular formula is C20H19F4NO2. The lowest BCUT2D eigenvalue weighted by molar-refractivity contribution is -0.138. The van der Waals surface area contributed by atoms with Crippen LogP contribution >= 0.6 is 0 Å². The molecule has 3 rings (SSSR count). The molecule has 0 bridgehead atoms. The molecule has 0 heterocycles. The number of ether oxygens (including phenoxy) is 1. The number of benzene rings is 2. The maximum absolute atomic E-state index is 13.8. The molecule has 1 aliphatic rings. The molecule has 1 saturated carbocycles. The van der Waals surface area contributed by atoms with Crippen molar-refractivity contribution in [3.05, 3.63) is 65.0 Å². The first-order valence-electron chi connectivity index (χ1n) is 8.46. The third-order valence-electron chi connectivity index (χ3n) is 4.79. The van der Waals surface area contributed by atoms with Crippen LogP contribution in [0.15, 0.2) is 42.5 Å². The van der Waals surface area contributed by atoms with Gasteiger partial charge in [0.25, 0.3) is 0 Å². The van der Waals surface area contributed by atoms with Gasteiger partial charge in [-0.1, -0.05) is 24.3 Å². The average molecular weight is 381 g/mol. The number of carbonyl (C=O) groups is 1. The lowest BCUT2D eigenvalue weighted by Crippen LogP contribution is -2.28. The molecular weight excluding hydrogens is 362 g/mol. The van der Waals surface area contributed by atoms with E-state index in [4.69, 9.17) is 4.74 Å². The summed E-state index contributed by atoms with van der Waals surface area (Å²) in [5.74, 6) is -1.59. The first kappa shape index (κ1) is 19.2. The van der Waals surface area contributed by atoms with Crippen molar-refractivity contribution in [3.8, 4) is 5.75 Å². The van der Waals surface area contributed by atoms with Gasteiger partial charge in [0.1, 0.15) is 0 Å². The van der Waals surface area contributed by atoms with Gasteiger partial charge in [-0.05, 0) is 41.7 Å². The predicted octanol–water partition coefficient (Wildman–Crippen LogP) is 4.62. The number of amides is 1. The van der Waals surface area contributed by atoms with E-state index >= 15 is 0 Å². The van der Waals surface area contributed by atoms with Crippen LogP contribution in [-0.2, 0) is 17.5 Å². The van der Waals surface area contributed by atoms with Gasteiger partial charge in [-0.3, -0.25) is 4.79 Å². The number of methoxy groups -OCH3 is 1. The van der Waals surface area contributed by atoms with Crippen LogP contribution in [0.2, 0.25) is 0 Å². The Morgan fingerprint density at radius 2 is 1.93 bits per heavy atom. The zero-order valence-electron chi connectivity index (χ0n) is 14.9. The number of alkyl halides is 3. The van der Waals surface area contributed by atoms with Crippen LogP contribution in [0.4, 0.5) is 17.6 Å². The second-order valence-corrected chi connectivity index (χ2v) is 6.70. The van der Waals surface area contributed by atoms with E-state index in [1.165, 1.54) is 36.3 Å². The number of halogens is 4. The highest BCUT2D eigenvalue weighted by atomic mass is 19.4. The van der Waals surface area contributed by atoms with Crippen molar-refractivity contribution in [3.63, 3.8) is 0 Å². The maximum Gasteiger partial charge on any atom is 0.416 e. The molecule has 1 fully saturated rings. The predicted molar refractivity (Wildman–Crippen MR) is 91.7 cm³/mol. The summed E-state index contributed by atoms with van der Waals surface area (Å²) in [6.45, 7) is 0.171. The normalized spacial score (nSPS) is 18.9. The van der Waals surface area contributed by atoms with Crippen molar-refractivity contribution in [1.82, 2.24) is 4.90 Å². The average Bonchev–Trinajstić information content (AvgIpc) is 3.41. The fourth-order valence-electron chi connectivity index (χ4n) is 3.33. The number of carbonyl (C=O) groups excluding carboxylic acids is 1. The highest BCUT2D eigenvalue weighted by Gasteiger charge is 2.48. The zero-order valence-corrected chi connectivity index (χ0v) is 14.9. The largest absolute Gasteiger partial charge is 0.494 e. The van der Waals surface area contributed by atoms with E-state index in [0.717, 1.165) is 6.07 Å². The molecule has 2 aromatic rings. The van der Waals surface area contributed by atoms with Gasteiger partial charge in [0, 0.05) is 19.5 Å². The molecule has 2 aromatic carbocycles. The number of hydrogen-bond donors (Lipinski definition) is 0. The van der Waals surface area contributed by atoms with Crippen LogP contribution in [0.5, 0.6) is 5.75 Å². The van der Waals surface area contributed by atoms with Gasteiger partial charge in [-0.25, -0.2) is 4.39 Å². The van der Waals surface area contributed by atoms with E-state index in [1.54, 1.807) is 19.2 Å². The summed E-state index contributed by atoms with van der Waals surface area (Å²) < 4.78 is 58.1. The van der Waals surface area contributed by atoms with E-state index in [0.29, 0.717) is 12.0 Å². The van der Waals surface area contributed by atoms with Crippen molar-refractivity contribution in [2.75, 3.05) is 14.2 Å². The number of rotatable bonds is 5. The van der Waals surface area contributed by atoms with Crippen molar-refractivity contribution < 1.29 is 27.1 Å². The summed E-state index contributed by atoms with van der Waals surface area (Å²) in [4.78, 5) is 14.0. The summed E-state index contributed by atoms with van der Waals surface area (Å²) >= 11 is 0. The molecule has 144 valence electrons. The quantitative estimate of drug-likeness (QED) is 0.708. The van der Waals surface area contributed by atoms with Crippen LogP contribution < -0.4 is 4.74 Å². The second-order valence-electron chi connectivity index (χ2n) is 6.70. The van der Waals surface area contributed by atoms with Crippen molar-refractivity contribution >= 4 is 5.91 Å². The van der Waals surface area contributed by atoms with Gasteiger partial charge in [-0.15, -0.1) is 0 Å². The van der Waals surface area contributed by atoms with E-state index < -0.39 is 29.4 Å². The summed E-state index contributed by atoms with van der Waals surface area (Å²) in [5, 5.41) is 0. The molecule has 1 aliphatic carbocycles. The molecule has 0 saturated heterocycles. The highest BCUT2D eigenvalue weighted by Crippen LogP contribution is 2.51. The molecule has 0 aromatic heterocycles. The minimum atomic E-state index is -4.45. The molecule has 3 nitrogen and oxygen atoms in total. The Bertz CT molecular complexity index is 850. The van der Waals surface area contributed by atoms with Gasteiger partial charge in [0.15, 0.2) is 11.6 Å². The molecule has 27 heavy (non-hydrogen) atoms. The van der Waals surface area contributed by atoms with E-state index in [9.17, 15) is 22.4 Å². The van der Waals surface area contributed by atoms with Gasteiger partial charge >= 0.3 is 6.18 Å². The van der Waals surface area contributed by atoms with Crippen LogP contribution in [0.1, 0.15) is 29.0 Å². The fraction of sp³-hybridized carbons (Fsp3) is 0.350. The molecule has 0 radical (unpaired) electrons. The Kier molecular flexibility index (Phi) is 5.13. The lowest BCUT2D eigenvalue weighted by Gasteiger charge is -2.18. The topological polar surface area (TPSA) is 29.5 Å². The molecule has 2 unspecified atom stereocenters. The standard InChI is InChI=1S/C20H19F4NO2/c1-25(11-12-7-8-18(27-2)17(21)9-12)19(26)15-10-14(15)13-5-3-4-6-16(13)20(22,23)24/h3-9,14-15H,10-11H2,1-2H3. The molecule has 7 heteroatoms. The third-order valence-corrected chi connectivity index (χ3v) is 4.79. The Balaban J connectivity index is 1.69. The minimum Gasteiger partial charge on any atom is -0.494 e. The first-order valence-corrected chi connectivity index (χ1v) is 8.46. The highest BCUT2D eigenvalue weighted by molar-refractivity contribution is 5.83. The van der Waals surface area contributed by atoms with Crippen molar-refractivity contribution in [2.45, 2.75) is 25.1 Å². The lowest BCUT2D eigenvalue weighted by atomic mass is 10.0. The summed E-state index contributed by atoms with van der Waals surface area (Å²) in [7, 11) is 2.93. The van der Waals surface area contributed by atoms with Gasteiger partial charge in [0.05, 0.1) is 12.7 Å². The van der Waals surface area contributed by atoms with Gasteiger partial charge < -0.3 is 9.64 Å². The first-order chi connectivity index (χ1) is 12.7. The number of nitrogens with zero attached hydrogens (tertiary/aromatic N) is 1. The summed E-state index contributed by atoms with van der Waals surface area (Å²) in [6, 6.07) is 9.77. The van der Waals surface area contributed by atoms with E-state index in [1.807, 2.05) is 0 Å². The Labute approximate surface area is 154 Å². The van der Waals surface area contributed by atoms with E-state index in [-0.39, 0.29) is 23.8 Å². The molecule has 2 atom stereocenters. The zero-order chi connectivity index (χ0) is 19.8. The Hall–Kier alpha value is -2.57. The maximum atomic E-state index is 13.8. The van der Waals surface area contributed by atoms with Crippen LogP contribution in [0.25, 0.3) is 0 Å². The summed E-state index contributed by atoms with van der Waals surface area (Å²) in [5.41, 5.74) is 0.0504. The van der Waals surface area contributed by atoms with Gasteiger partial charge in [-0.2, -0.15) is 13.2 Å².